The topological polar surface area (TPSA) is 47.5 Å². The van der Waals surface area contributed by atoms with Gasteiger partial charge in [0.15, 0.2) is 0 Å². The molecule has 0 spiro atoms. The predicted molar refractivity (Wildman–Crippen MR) is 92.7 cm³/mol. The zero-order valence-electron chi connectivity index (χ0n) is 13.7. The van der Waals surface area contributed by atoms with Crippen LogP contribution in [0.1, 0.15) is 29.8 Å². The molecule has 0 unspecified atom stereocenters. The van der Waals surface area contributed by atoms with E-state index in [9.17, 15) is 0 Å². The summed E-state index contributed by atoms with van der Waals surface area (Å²) in [5, 5.41) is 3.26. The number of fused-ring (bicyclic) bond motifs is 1. The zero-order chi connectivity index (χ0) is 16.2. The number of pyridine rings is 1. The molecule has 2 saturated heterocycles. The third-order valence-electron chi connectivity index (χ3n) is 4.89. The minimum absolute atomic E-state index is 0.230. The lowest BCUT2D eigenvalue weighted by Gasteiger charge is -2.35. The Morgan fingerprint density at radius 2 is 2.12 bits per heavy atom. The Hall–Kier alpha value is -1.34. The van der Waals surface area contributed by atoms with Crippen LogP contribution in [0.5, 0.6) is 0 Å². The van der Waals surface area contributed by atoms with Gasteiger partial charge in [-0.2, -0.15) is 0 Å². The van der Waals surface area contributed by atoms with E-state index in [2.05, 4.69) is 20.2 Å². The third kappa shape index (κ3) is 3.83. The van der Waals surface area contributed by atoms with E-state index in [0.717, 1.165) is 31.5 Å². The Kier molecular flexibility index (Phi) is 5.18. The zero-order valence-corrected chi connectivity index (χ0v) is 14.5. The number of hydrogen-bond donors (Lipinski definition) is 0. The first kappa shape index (κ1) is 16.1. The monoisotopic (exact) mass is 345 g/mol. The lowest BCUT2D eigenvalue weighted by molar-refractivity contribution is -0.102. The van der Waals surface area contributed by atoms with Crippen molar-refractivity contribution in [1.29, 1.82) is 0 Å². The summed E-state index contributed by atoms with van der Waals surface area (Å²) < 4.78 is 12.1. The molecule has 6 heteroatoms. The SMILES string of the molecule is c1cc(COC[C@@H]2CC[C@@H]3[C@@H](CCN3Cc3nccs3)O2)ccn1. The van der Waals surface area contributed by atoms with Crippen LogP contribution in [0.3, 0.4) is 0 Å². The molecule has 2 aromatic heterocycles. The largest absolute Gasteiger partial charge is 0.374 e. The number of rotatable bonds is 6. The van der Waals surface area contributed by atoms with Crippen LogP contribution in [0.2, 0.25) is 0 Å². The number of nitrogens with zero attached hydrogens (tertiary/aromatic N) is 3. The third-order valence-corrected chi connectivity index (χ3v) is 5.66. The van der Waals surface area contributed by atoms with Crippen LogP contribution < -0.4 is 0 Å². The summed E-state index contributed by atoms with van der Waals surface area (Å²) in [4.78, 5) is 11.0. The molecule has 4 rings (SSSR count). The number of hydrogen-bond acceptors (Lipinski definition) is 6. The molecular weight excluding hydrogens is 322 g/mol. The van der Waals surface area contributed by atoms with Gasteiger partial charge in [0.25, 0.3) is 0 Å². The van der Waals surface area contributed by atoms with E-state index in [0.29, 0.717) is 25.4 Å². The van der Waals surface area contributed by atoms with Gasteiger partial charge in [-0.1, -0.05) is 0 Å². The molecule has 2 aromatic rings. The lowest BCUT2D eigenvalue weighted by atomic mass is 9.99. The molecule has 0 radical (unpaired) electrons. The van der Waals surface area contributed by atoms with Gasteiger partial charge >= 0.3 is 0 Å². The number of likely N-dealkylation sites (tertiary alicyclic amines) is 1. The Balaban J connectivity index is 1.23. The van der Waals surface area contributed by atoms with E-state index in [1.54, 1.807) is 23.7 Å². The van der Waals surface area contributed by atoms with Gasteiger partial charge in [0.2, 0.25) is 0 Å². The van der Waals surface area contributed by atoms with Gasteiger partial charge in [0, 0.05) is 36.6 Å². The van der Waals surface area contributed by atoms with E-state index in [1.807, 2.05) is 18.3 Å². The Bertz CT molecular complexity index is 622. The molecular formula is C18H23N3O2S. The first-order valence-electron chi connectivity index (χ1n) is 8.63. The van der Waals surface area contributed by atoms with Crippen molar-refractivity contribution in [2.24, 2.45) is 0 Å². The number of thiazole rings is 1. The van der Waals surface area contributed by atoms with Crippen LogP contribution in [0.15, 0.2) is 36.1 Å². The molecule has 2 fully saturated rings. The molecule has 0 amide bonds. The van der Waals surface area contributed by atoms with Crippen molar-refractivity contribution in [2.45, 2.75) is 50.7 Å². The standard InChI is InChI=1S/C18H23N3O2S/c1-2-16-17(5-9-21(16)11-18-20-8-10-24-18)23-15(1)13-22-12-14-3-6-19-7-4-14/h3-4,6-8,10,15-17H,1-2,5,9,11-13H2/t15-,16+,17+/m0/s1. The second kappa shape index (κ2) is 7.70. The van der Waals surface area contributed by atoms with Crippen LogP contribution in [0.4, 0.5) is 0 Å². The van der Waals surface area contributed by atoms with E-state index >= 15 is 0 Å². The first-order valence-corrected chi connectivity index (χ1v) is 9.51. The smallest absolute Gasteiger partial charge is 0.107 e. The summed E-state index contributed by atoms with van der Waals surface area (Å²) in [5.41, 5.74) is 1.16. The second-order valence-electron chi connectivity index (χ2n) is 6.50. The molecule has 5 nitrogen and oxygen atoms in total. The Morgan fingerprint density at radius 3 is 2.96 bits per heavy atom. The van der Waals surface area contributed by atoms with Crippen LogP contribution in [0, 0.1) is 0 Å². The molecule has 0 aromatic carbocycles. The summed E-state index contributed by atoms with van der Waals surface area (Å²) in [6.45, 7) is 3.38. The van der Waals surface area contributed by atoms with Gasteiger partial charge in [0.1, 0.15) is 5.01 Å². The summed E-state index contributed by atoms with van der Waals surface area (Å²) >= 11 is 1.74. The van der Waals surface area contributed by atoms with E-state index in [-0.39, 0.29) is 6.10 Å². The van der Waals surface area contributed by atoms with Crippen molar-refractivity contribution >= 4 is 11.3 Å². The molecule has 0 bridgehead atoms. The van der Waals surface area contributed by atoms with E-state index in [4.69, 9.17) is 9.47 Å². The summed E-state index contributed by atoms with van der Waals surface area (Å²) in [7, 11) is 0. The van der Waals surface area contributed by atoms with E-state index < -0.39 is 0 Å². The second-order valence-corrected chi connectivity index (χ2v) is 7.48. The minimum Gasteiger partial charge on any atom is -0.374 e. The molecule has 0 N–H and O–H groups in total. The maximum Gasteiger partial charge on any atom is 0.107 e. The average molecular weight is 345 g/mol. The molecule has 3 atom stereocenters. The van der Waals surface area contributed by atoms with Crippen LogP contribution in [-0.2, 0) is 22.6 Å². The summed E-state index contributed by atoms with van der Waals surface area (Å²) in [6, 6.07) is 4.53. The molecule has 24 heavy (non-hydrogen) atoms. The van der Waals surface area contributed by atoms with Crippen molar-refractivity contribution in [3.8, 4) is 0 Å². The number of aromatic nitrogens is 2. The van der Waals surface area contributed by atoms with Gasteiger partial charge < -0.3 is 9.47 Å². The number of ether oxygens (including phenoxy) is 2. The lowest BCUT2D eigenvalue weighted by Crippen LogP contribution is -2.43. The van der Waals surface area contributed by atoms with Crippen molar-refractivity contribution < 1.29 is 9.47 Å². The highest BCUT2D eigenvalue weighted by Crippen LogP contribution is 2.32. The summed E-state index contributed by atoms with van der Waals surface area (Å²) in [6.07, 6.45) is 9.47. The molecule has 0 saturated carbocycles. The van der Waals surface area contributed by atoms with Gasteiger partial charge in [0.05, 0.1) is 32.0 Å². The quantitative estimate of drug-likeness (QED) is 0.806. The average Bonchev–Trinajstić information content (AvgIpc) is 3.26. The van der Waals surface area contributed by atoms with Crippen LogP contribution in [-0.4, -0.2) is 46.3 Å². The van der Waals surface area contributed by atoms with Crippen molar-refractivity contribution in [1.82, 2.24) is 14.9 Å². The highest BCUT2D eigenvalue weighted by Gasteiger charge is 2.39. The molecule has 2 aliphatic heterocycles. The van der Waals surface area contributed by atoms with Crippen molar-refractivity contribution in [3.63, 3.8) is 0 Å². The maximum atomic E-state index is 6.30. The minimum atomic E-state index is 0.230. The fourth-order valence-corrected chi connectivity index (χ4v) is 4.34. The normalized spacial score (nSPS) is 27.2. The van der Waals surface area contributed by atoms with Gasteiger partial charge in [-0.15, -0.1) is 11.3 Å². The van der Waals surface area contributed by atoms with Crippen LogP contribution >= 0.6 is 11.3 Å². The molecule has 2 aliphatic rings. The van der Waals surface area contributed by atoms with Gasteiger partial charge in [-0.05, 0) is 37.0 Å². The van der Waals surface area contributed by atoms with E-state index in [1.165, 1.54) is 11.4 Å². The maximum absolute atomic E-state index is 6.30. The fourth-order valence-electron chi connectivity index (χ4n) is 3.70. The highest BCUT2D eigenvalue weighted by atomic mass is 32.1. The van der Waals surface area contributed by atoms with Gasteiger partial charge in [-0.3, -0.25) is 9.88 Å². The first-order chi connectivity index (χ1) is 11.9. The predicted octanol–water partition coefficient (Wildman–Crippen LogP) is 2.88. The Labute approximate surface area is 146 Å². The highest BCUT2D eigenvalue weighted by molar-refractivity contribution is 7.09. The van der Waals surface area contributed by atoms with Gasteiger partial charge in [-0.25, -0.2) is 4.98 Å². The molecule has 4 heterocycles. The fraction of sp³-hybridized carbons (Fsp3) is 0.556. The van der Waals surface area contributed by atoms with Crippen LogP contribution in [0.25, 0.3) is 0 Å². The van der Waals surface area contributed by atoms with Crippen molar-refractivity contribution in [2.75, 3.05) is 13.2 Å². The summed E-state index contributed by atoms with van der Waals surface area (Å²) in [5.74, 6) is 0. The molecule has 0 aliphatic carbocycles. The Morgan fingerprint density at radius 1 is 1.21 bits per heavy atom. The molecule has 128 valence electrons. The van der Waals surface area contributed by atoms with Crippen molar-refractivity contribution in [3.05, 3.63) is 46.7 Å².